The molecule has 3 aliphatic rings. The minimum absolute atomic E-state index is 0.0394. The maximum absolute atomic E-state index is 12.5. The second kappa shape index (κ2) is 12.4. The lowest BCUT2D eigenvalue weighted by Gasteiger charge is -2.53. The number of nitrogens with zero attached hydrogens (tertiary/aromatic N) is 7. The number of nitrogens with one attached hydrogen (secondary N) is 1. The van der Waals surface area contributed by atoms with Crippen LogP contribution in [0.4, 0.5) is 11.6 Å². The topological polar surface area (TPSA) is 172 Å². The highest BCUT2D eigenvalue weighted by molar-refractivity contribution is 5.78. The minimum atomic E-state index is -0.991. The summed E-state index contributed by atoms with van der Waals surface area (Å²) in [6.45, 7) is 10.1. The van der Waals surface area contributed by atoms with Crippen molar-refractivity contribution in [3.63, 3.8) is 0 Å². The van der Waals surface area contributed by atoms with Gasteiger partial charge < -0.3 is 39.2 Å². The highest BCUT2D eigenvalue weighted by atomic mass is 16.6. The van der Waals surface area contributed by atoms with Crippen LogP contribution in [0.25, 0.3) is 22.8 Å². The summed E-state index contributed by atoms with van der Waals surface area (Å²) in [5.74, 6) is 0.595. The van der Waals surface area contributed by atoms with Gasteiger partial charge in [-0.1, -0.05) is 19.9 Å². The van der Waals surface area contributed by atoms with Gasteiger partial charge in [0, 0.05) is 42.0 Å². The largest absolute Gasteiger partial charge is 0.480 e. The molecule has 252 valence electrons. The summed E-state index contributed by atoms with van der Waals surface area (Å²) in [7, 11) is 0. The highest BCUT2D eigenvalue weighted by Crippen LogP contribution is 2.40. The number of anilines is 2. The Morgan fingerprint density at radius 1 is 1.15 bits per heavy atom. The zero-order valence-corrected chi connectivity index (χ0v) is 27.5. The van der Waals surface area contributed by atoms with Crippen LogP contribution >= 0.6 is 0 Å². The molecule has 3 aliphatic heterocycles. The zero-order chi connectivity index (χ0) is 33.6. The van der Waals surface area contributed by atoms with Crippen LogP contribution in [0.3, 0.4) is 0 Å². The molecule has 7 heterocycles. The first-order valence-corrected chi connectivity index (χ1v) is 16.2. The Kier molecular flexibility index (Phi) is 8.26. The molecule has 4 aromatic heterocycles. The monoisotopic (exact) mass is 656 g/mol. The average Bonchev–Trinajstić information content (AvgIpc) is 3.76. The molecule has 14 heteroatoms. The molecule has 3 atom stereocenters. The van der Waals surface area contributed by atoms with E-state index in [-0.39, 0.29) is 31.6 Å². The van der Waals surface area contributed by atoms with Gasteiger partial charge in [-0.15, -0.1) is 0 Å². The molecule has 0 amide bonds. The molecular weight excluding hydrogens is 616 g/mol. The lowest BCUT2D eigenvalue weighted by atomic mass is 9.89. The number of carbonyl (C=O) groups is 1. The van der Waals surface area contributed by atoms with E-state index in [1.165, 1.54) is 0 Å². The number of aromatic amines is 1. The summed E-state index contributed by atoms with van der Waals surface area (Å²) >= 11 is 0. The SMILES string of the molecule is Cc1nc(-c2ccc[nH]2)nc(N2C[C@@H](Oc3ncc(-c4cccc(C(C)(C)CO)n4)cc3N3CCOC4(COC4)[C@@H]3C)C[C@H]2C(=O)O)n1. The highest BCUT2D eigenvalue weighted by Gasteiger charge is 2.50. The molecule has 0 unspecified atom stereocenters. The maximum Gasteiger partial charge on any atom is 0.326 e. The van der Waals surface area contributed by atoms with E-state index in [4.69, 9.17) is 24.2 Å². The molecule has 3 fully saturated rings. The van der Waals surface area contributed by atoms with Crippen molar-refractivity contribution in [1.82, 2.24) is 29.9 Å². The van der Waals surface area contributed by atoms with Gasteiger partial charge in [-0.05, 0) is 44.2 Å². The smallest absolute Gasteiger partial charge is 0.326 e. The van der Waals surface area contributed by atoms with Crippen molar-refractivity contribution in [2.45, 2.75) is 63.3 Å². The average molecular weight is 657 g/mol. The van der Waals surface area contributed by atoms with E-state index in [0.29, 0.717) is 49.6 Å². The van der Waals surface area contributed by atoms with Crippen LogP contribution in [0.5, 0.6) is 5.88 Å². The number of rotatable bonds is 9. The molecule has 3 saturated heterocycles. The molecule has 0 aliphatic carbocycles. The first kappa shape index (κ1) is 31.9. The van der Waals surface area contributed by atoms with Crippen molar-refractivity contribution < 1.29 is 29.2 Å². The summed E-state index contributed by atoms with van der Waals surface area (Å²) in [5, 5.41) is 20.2. The van der Waals surface area contributed by atoms with E-state index in [2.05, 4.69) is 31.8 Å². The van der Waals surface area contributed by atoms with E-state index in [9.17, 15) is 15.0 Å². The van der Waals surface area contributed by atoms with E-state index < -0.39 is 29.1 Å². The van der Waals surface area contributed by atoms with E-state index in [1.807, 2.05) is 50.2 Å². The molecule has 4 aromatic rings. The Balaban J connectivity index is 1.23. The number of morpholine rings is 1. The maximum atomic E-state index is 12.5. The molecule has 0 aromatic carbocycles. The number of hydrogen-bond donors (Lipinski definition) is 3. The lowest BCUT2D eigenvalue weighted by Crippen LogP contribution is -2.68. The first-order valence-electron chi connectivity index (χ1n) is 16.2. The van der Waals surface area contributed by atoms with Crippen LogP contribution in [0.15, 0.2) is 48.8 Å². The van der Waals surface area contributed by atoms with Gasteiger partial charge in [0.05, 0.1) is 50.4 Å². The van der Waals surface area contributed by atoms with Crippen LogP contribution in [0.1, 0.15) is 38.7 Å². The predicted molar refractivity (Wildman–Crippen MR) is 176 cm³/mol. The van der Waals surface area contributed by atoms with Crippen LogP contribution in [0.2, 0.25) is 0 Å². The predicted octanol–water partition coefficient (Wildman–Crippen LogP) is 3.01. The van der Waals surface area contributed by atoms with Crippen LogP contribution in [-0.4, -0.2) is 109 Å². The molecule has 0 radical (unpaired) electrons. The Labute approximate surface area is 278 Å². The lowest BCUT2D eigenvalue weighted by molar-refractivity contribution is -0.228. The van der Waals surface area contributed by atoms with Gasteiger partial charge in [-0.25, -0.2) is 14.8 Å². The zero-order valence-electron chi connectivity index (χ0n) is 27.5. The summed E-state index contributed by atoms with van der Waals surface area (Å²) in [6, 6.07) is 10.5. The number of aryl methyl sites for hydroxylation is 1. The van der Waals surface area contributed by atoms with Gasteiger partial charge in [-0.3, -0.25) is 4.98 Å². The third-order valence-electron chi connectivity index (χ3n) is 9.58. The quantitative estimate of drug-likeness (QED) is 0.240. The first-order chi connectivity index (χ1) is 23.1. The van der Waals surface area contributed by atoms with Gasteiger partial charge in [0.2, 0.25) is 11.8 Å². The molecule has 14 nitrogen and oxygen atoms in total. The third kappa shape index (κ3) is 5.84. The molecule has 7 rings (SSSR count). The van der Waals surface area contributed by atoms with Crippen LogP contribution in [-0.2, 0) is 19.7 Å². The van der Waals surface area contributed by atoms with Gasteiger partial charge in [-0.2, -0.15) is 9.97 Å². The fraction of sp³-hybridized carbons (Fsp3) is 0.471. The number of H-pyrrole nitrogens is 1. The number of hydrogen-bond acceptors (Lipinski definition) is 12. The molecular formula is C34H40N8O6. The molecule has 3 N–H and O–H groups in total. The van der Waals surface area contributed by atoms with Crippen molar-refractivity contribution in [3.8, 4) is 28.7 Å². The second-order valence-corrected chi connectivity index (χ2v) is 13.3. The number of aromatic nitrogens is 6. The van der Waals surface area contributed by atoms with Gasteiger partial charge in [0.25, 0.3) is 0 Å². The number of ether oxygens (including phenoxy) is 3. The van der Waals surface area contributed by atoms with Crippen molar-refractivity contribution in [2.24, 2.45) is 0 Å². The standard InChI is InChI=1S/C34H40N8O6/c1-20-34(18-46-19-34)47-12-11-41(20)26-13-22(24-7-5-9-28(39-24)33(3,4)17-43)15-36-30(26)48-23-14-27(31(44)45)42(16-23)32-38-21(2)37-29(40-32)25-8-6-10-35-25/h5-10,13,15,20,23,27,35,43H,11-12,14,16-19H2,1-4H3,(H,44,45)/t20-,23-,27-/m0/s1. The minimum Gasteiger partial charge on any atom is -0.480 e. The summed E-state index contributed by atoms with van der Waals surface area (Å²) in [5.41, 5.74) is 2.81. The van der Waals surface area contributed by atoms with E-state index in [1.54, 1.807) is 24.2 Å². The van der Waals surface area contributed by atoms with E-state index in [0.717, 1.165) is 22.6 Å². The number of carboxylic acid groups (broad SMARTS) is 1. The number of aliphatic hydroxyl groups excluding tert-OH is 1. The summed E-state index contributed by atoms with van der Waals surface area (Å²) < 4.78 is 18.4. The Morgan fingerprint density at radius 3 is 2.69 bits per heavy atom. The Morgan fingerprint density at radius 2 is 1.98 bits per heavy atom. The van der Waals surface area contributed by atoms with Gasteiger partial charge >= 0.3 is 5.97 Å². The number of pyridine rings is 2. The molecule has 48 heavy (non-hydrogen) atoms. The number of carboxylic acids is 1. The fourth-order valence-corrected chi connectivity index (χ4v) is 6.51. The van der Waals surface area contributed by atoms with Crippen molar-refractivity contribution in [2.75, 3.05) is 49.3 Å². The van der Waals surface area contributed by atoms with Crippen molar-refractivity contribution in [3.05, 3.63) is 60.3 Å². The second-order valence-electron chi connectivity index (χ2n) is 13.3. The number of aliphatic carboxylic acids is 1. The van der Waals surface area contributed by atoms with Crippen LogP contribution < -0.4 is 14.5 Å². The fourth-order valence-electron chi connectivity index (χ4n) is 6.51. The molecule has 0 bridgehead atoms. The van der Waals surface area contributed by atoms with E-state index >= 15 is 0 Å². The summed E-state index contributed by atoms with van der Waals surface area (Å²) in [4.78, 5) is 42.8. The third-order valence-corrected chi connectivity index (χ3v) is 9.58. The molecule has 0 saturated carbocycles. The van der Waals surface area contributed by atoms with Gasteiger partial charge in [0.15, 0.2) is 5.82 Å². The Hall–Kier alpha value is -4.66. The summed E-state index contributed by atoms with van der Waals surface area (Å²) in [6.07, 6.45) is 3.20. The van der Waals surface area contributed by atoms with Crippen molar-refractivity contribution in [1.29, 1.82) is 0 Å². The number of aliphatic hydroxyl groups is 1. The van der Waals surface area contributed by atoms with Crippen LogP contribution in [0, 0.1) is 6.92 Å². The van der Waals surface area contributed by atoms with Crippen molar-refractivity contribution >= 4 is 17.6 Å². The normalized spacial score (nSPS) is 22.1. The van der Waals surface area contributed by atoms with Gasteiger partial charge in [0.1, 0.15) is 29.3 Å². The Bertz CT molecular complexity index is 1800. The molecule has 1 spiro atoms.